The van der Waals surface area contributed by atoms with E-state index in [0.29, 0.717) is 0 Å². The first-order valence-electron chi connectivity index (χ1n) is 4.07. The number of hydrogen-bond donors (Lipinski definition) is 3. The number of carbonyl (C=O) groups is 2. The van der Waals surface area contributed by atoms with Gasteiger partial charge in [0.1, 0.15) is 11.3 Å². The van der Waals surface area contributed by atoms with Crippen LogP contribution in [0, 0.1) is 0 Å². The number of rotatable bonds is 5. The third-order valence-electron chi connectivity index (χ3n) is 1.84. The zero-order chi connectivity index (χ0) is 11.5. The average Bonchev–Trinajstić information content (AvgIpc) is 2.01. The number of hydrogen-bond acceptors (Lipinski definition) is 4. The molecule has 0 aromatic carbocycles. The molecule has 6 heteroatoms. The quantitative estimate of drug-likeness (QED) is 0.620. The zero-order valence-electron chi connectivity index (χ0n) is 8.35. The Kier molecular flexibility index (Phi) is 4.41. The molecule has 0 fully saturated rings. The molecule has 14 heavy (non-hydrogen) atoms. The van der Waals surface area contributed by atoms with E-state index in [1.165, 1.54) is 6.92 Å². The second kappa shape index (κ2) is 4.65. The Morgan fingerprint density at radius 2 is 1.71 bits per heavy atom. The first-order valence-corrected chi connectivity index (χ1v) is 4.95. The lowest BCUT2D eigenvalue weighted by Gasteiger charge is -2.29. The highest BCUT2D eigenvalue weighted by atomic mass is 32.2. The molecule has 1 unspecified atom stereocenters. The summed E-state index contributed by atoms with van der Waals surface area (Å²) in [6, 6.07) is -1.07. The van der Waals surface area contributed by atoms with Gasteiger partial charge in [0.2, 0.25) is 0 Å². The summed E-state index contributed by atoms with van der Waals surface area (Å²) in [5.41, 5.74) is 5.43. The van der Waals surface area contributed by atoms with Crippen molar-refractivity contribution in [2.45, 2.75) is 36.8 Å². The molecule has 0 aliphatic rings. The van der Waals surface area contributed by atoms with Crippen molar-refractivity contribution in [1.29, 1.82) is 0 Å². The average molecular weight is 221 g/mol. The highest BCUT2D eigenvalue weighted by Gasteiger charge is 2.35. The van der Waals surface area contributed by atoms with Crippen LogP contribution >= 0.6 is 11.8 Å². The van der Waals surface area contributed by atoms with Crippen LogP contribution in [-0.4, -0.2) is 38.2 Å². The van der Waals surface area contributed by atoms with E-state index in [1.807, 2.05) is 0 Å². The fraction of sp³-hybridized carbons (Fsp3) is 0.750. The summed E-state index contributed by atoms with van der Waals surface area (Å²) in [4.78, 5) is 21.2. The molecule has 2 atom stereocenters. The summed E-state index contributed by atoms with van der Waals surface area (Å²) in [5.74, 6) is -2.10. The van der Waals surface area contributed by atoms with Crippen LogP contribution < -0.4 is 5.73 Å². The Morgan fingerprint density at radius 3 is 2.00 bits per heavy atom. The van der Waals surface area contributed by atoms with Gasteiger partial charge in [0.25, 0.3) is 0 Å². The van der Waals surface area contributed by atoms with Gasteiger partial charge in [-0.3, -0.25) is 9.59 Å². The number of carboxylic acid groups (broad SMARTS) is 2. The molecule has 0 rings (SSSR count). The van der Waals surface area contributed by atoms with Gasteiger partial charge in [0, 0.05) is 4.75 Å². The van der Waals surface area contributed by atoms with Crippen molar-refractivity contribution in [3.63, 3.8) is 0 Å². The van der Waals surface area contributed by atoms with E-state index >= 15 is 0 Å². The van der Waals surface area contributed by atoms with E-state index in [9.17, 15) is 9.59 Å². The molecule has 0 amide bonds. The Labute approximate surface area is 86.7 Å². The Morgan fingerprint density at radius 1 is 1.29 bits per heavy atom. The fourth-order valence-corrected chi connectivity index (χ4v) is 2.14. The topological polar surface area (TPSA) is 101 Å². The molecule has 0 aromatic rings. The first kappa shape index (κ1) is 13.2. The van der Waals surface area contributed by atoms with Crippen molar-refractivity contribution < 1.29 is 19.8 Å². The summed E-state index contributed by atoms with van der Waals surface area (Å²) in [5, 5.41) is 16.7. The van der Waals surface area contributed by atoms with Gasteiger partial charge in [-0.2, -0.15) is 0 Å². The second-order valence-corrected chi connectivity index (χ2v) is 5.51. The van der Waals surface area contributed by atoms with E-state index < -0.39 is 28.0 Å². The van der Waals surface area contributed by atoms with Crippen molar-refractivity contribution >= 4 is 23.7 Å². The maximum atomic E-state index is 10.6. The van der Waals surface area contributed by atoms with Crippen LogP contribution in [0.2, 0.25) is 0 Å². The largest absolute Gasteiger partial charge is 0.480 e. The molecule has 0 radical (unpaired) electrons. The Bertz CT molecular complexity index is 241. The standard InChI is InChI=1S/C8H15NO4S/c1-4(6(10)11)14-8(2,3)5(9)7(12)13/h4-5H,9H2,1-3H3,(H,10,11)(H,12,13)/t4?,5-/m0/s1. The molecule has 0 spiro atoms. The van der Waals surface area contributed by atoms with E-state index in [4.69, 9.17) is 15.9 Å². The van der Waals surface area contributed by atoms with Crippen molar-refractivity contribution in [3.05, 3.63) is 0 Å². The van der Waals surface area contributed by atoms with Crippen molar-refractivity contribution in [1.82, 2.24) is 0 Å². The van der Waals surface area contributed by atoms with Crippen LogP contribution in [0.5, 0.6) is 0 Å². The minimum atomic E-state index is -1.12. The van der Waals surface area contributed by atoms with Gasteiger partial charge in [-0.15, -0.1) is 11.8 Å². The molecule has 0 bridgehead atoms. The van der Waals surface area contributed by atoms with E-state index in [0.717, 1.165) is 11.8 Å². The number of nitrogens with two attached hydrogens (primary N) is 1. The lowest BCUT2D eigenvalue weighted by molar-refractivity contribution is -0.139. The second-order valence-electron chi connectivity index (χ2n) is 3.52. The zero-order valence-corrected chi connectivity index (χ0v) is 9.17. The lowest BCUT2D eigenvalue weighted by Crippen LogP contribution is -2.48. The minimum absolute atomic E-state index is 0.671. The highest BCUT2D eigenvalue weighted by Crippen LogP contribution is 2.31. The minimum Gasteiger partial charge on any atom is -0.480 e. The van der Waals surface area contributed by atoms with Crippen LogP contribution in [0.3, 0.4) is 0 Å². The summed E-state index contributed by atoms with van der Waals surface area (Å²) in [7, 11) is 0. The first-order chi connectivity index (χ1) is 6.18. The maximum Gasteiger partial charge on any atom is 0.321 e. The molecule has 0 aliphatic carbocycles. The predicted octanol–water partition coefficient (Wildman–Crippen LogP) is 0.383. The van der Waals surface area contributed by atoms with Gasteiger partial charge in [-0.25, -0.2) is 0 Å². The summed E-state index contributed by atoms with van der Waals surface area (Å²) in [6.07, 6.45) is 0. The third kappa shape index (κ3) is 3.55. The Balaban J connectivity index is 4.47. The molecule has 82 valence electrons. The maximum absolute atomic E-state index is 10.6. The van der Waals surface area contributed by atoms with Crippen LogP contribution in [0.4, 0.5) is 0 Å². The van der Waals surface area contributed by atoms with Gasteiger partial charge in [0.05, 0.1) is 0 Å². The van der Waals surface area contributed by atoms with Crippen molar-refractivity contribution in [2.24, 2.45) is 5.73 Å². The van der Waals surface area contributed by atoms with Crippen LogP contribution in [-0.2, 0) is 9.59 Å². The summed E-state index contributed by atoms with van der Waals surface area (Å²) < 4.78 is -0.802. The number of carboxylic acids is 2. The van der Waals surface area contributed by atoms with Crippen molar-refractivity contribution in [3.8, 4) is 0 Å². The van der Waals surface area contributed by atoms with E-state index in [-0.39, 0.29) is 0 Å². The fourth-order valence-electron chi connectivity index (χ4n) is 0.877. The molecule has 5 nitrogen and oxygen atoms in total. The molecule has 0 aromatic heterocycles. The van der Waals surface area contributed by atoms with Crippen LogP contribution in [0.15, 0.2) is 0 Å². The van der Waals surface area contributed by atoms with Gasteiger partial charge >= 0.3 is 11.9 Å². The molecule has 0 saturated carbocycles. The van der Waals surface area contributed by atoms with Gasteiger partial charge in [0.15, 0.2) is 0 Å². The van der Waals surface area contributed by atoms with Crippen LogP contribution in [0.25, 0.3) is 0 Å². The molecule has 0 aliphatic heterocycles. The number of aliphatic carboxylic acids is 2. The molecular formula is C8H15NO4S. The summed E-state index contributed by atoms with van der Waals surface area (Å²) >= 11 is 1.04. The molecule has 4 N–H and O–H groups in total. The SMILES string of the molecule is CC(SC(C)(C)[C@@H](N)C(=O)O)C(=O)O. The smallest absolute Gasteiger partial charge is 0.321 e. The lowest BCUT2D eigenvalue weighted by atomic mass is 10.1. The highest BCUT2D eigenvalue weighted by molar-refractivity contribution is 8.01. The normalized spacial score (nSPS) is 16.0. The van der Waals surface area contributed by atoms with Gasteiger partial charge < -0.3 is 15.9 Å². The monoisotopic (exact) mass is 221 g/mol. The number of thioether (sulfide) groups is 1. The molecular weight excluding hydrogens is 206 g/mol. The predicted molar refractivity (Wildman–Crippen MR) is 54.4 cm³/mol. The molecule has 0 saturated heterocycles. The third-order valence-corrected chi connectivity index (χ3v) is 3.26. The van der Waals surface area contributed by atoms with E-state index in [2.05, 4.69) is 0 Å². The van der Waals surface area contributed by atoms with Gasteiger partial charge in [-0.1, -0.05) is 0 Å². The van der Waals surface area contributed by atoms with E-state index in [1.54, 1.807) is 13.8 Å². The van der Waals surface area contributed by atoms with Crippen molar-refractivity contribution in [2.75, 3.05) is 0 Å². The molecule has 0 heterocycles. The van der Waals surface area contributed by atoms with Gasteiger partial charge in [-0.05, 0) is 20.8 Å². The summed E-state index contributed by atoms with van der Waals surface area (Å²) in [6.45, 7) is 4.75. The van der Waals surface area contributed by atoms with Crippen LogP contribution in [0.1, 0.15) is 20.8 Å². The Hall–Kier alpha value is -0.750.